The van der Waals surface area contributed by atoms with Crippen LogP contribution in [0.4, 0.5) is 17.1 Å². The fourth-order valence-electron chi connectivity index (χ4n) is 7.67. The molecule has 0 fully saturated rings. The summed E-state index contributed by atoms with van der Waals surface area (Å²) in [5, 5.41) is 3.88. The largest absolute Gasteiger partial charge is 0.497 e. The number of anilines is 3. The lowest BCUT2D eigenvalue weighted by atomic mass is 9.82. The molecule has 1 aliphatic heterocycles. The average Bonchev–Trinajstić information content (AvgIpc) is 3.78. The number of fused-ring (bicyclic) bond motifs is 5. The van der Waals surface area contributed by atoms with Crippen molar-refractivity contribution in [1.82, 2.24) is 9.55 Å². The van der Waals surface area contributed by atoms with E-state index >= 15 is 0 Å². The molecule has 240 valence electrons. The first-order valence-electron chi connectivity index (χ1n) is 16.6. The van der Waals surface area contributed by atoms with Crippen LogP contribution in [0.15, 0.2) is 133 Å². The molecule has 1 unspecified atom stereocenters. The molecule has 0 amide bonds. The topological polar surface area (TPSA) is 51.6 Å². The van der Waals surface area contributed by atoms with Gasteiger partial charge in [0, 0.05) is 22.4 Å². The molecule has 9 rings (SSSR count). The molecule has 1 N–H and O–H groups in total. The molecule has 0 saturated carbocycles. The number of imidazole rings is 1. The molecular formula is C43H36N4O2. The van der Waals surface area contributed by atoms with Crippen LogP contribution in [-0.4, -0.2) is 23.8 Å². The zero-order valence-corrected chi connectivity index (χ0v) is 27.9. The van der Waals surface area contributed by atoms with E-state index in [4.69, 9.17) is 14.5 Å². The molecule has 6 aromatic carbocycles. The van der Waals surface area contributed by atoms with Crippen LogP contribution in [0.5, 0.6) is 11.5 Å². The Labute approximate surface area is 286 Å². The zero-order chi connectivity index (χ0) is 33.3. The number of ether oxygens (including phenoxy) is 2. The second-order valence-electron chi connectivity index (χ2n) is 13.3. The van der Waals surface area contributed by atoms with Crippen LogP contribution < -0.4 is 19.7 Å². The summed E-state index contributed by atoms with van der Waals surface area (Å²) in [6.07, 6.45) is -0.0653. The summed E-state index contributed by atoms with van der Waals surface area (Å²) in [6.45, 7) is 4.69. The van der Waals surface area contributed by atoms with Crippen molar-refractivity contribution in [3.8, 4) is 39.7 Å². The summed E-state index contributed by atoms with van der Waals surface area (Å²) >= 11 is 0. The van der Waals surface area contributed by atoms with E-state index in [-0.39, 0.29) is 11.6 Å². The predicted octanol–water partition coefficient (Wildman–Crippen LogP) is 10.3. The van der Waals surface area contributed by atoms with Gasteiger partial charge >= 0.3 is 0 Å². The Bertz CT molecular complexity index is 2350. The third-order valence-corrected chi connectivity index (χ3v) is 10.2. The first-order valence-corrected chi connectivity index (χ1v) is 16.6. The maximum absolute atomic E-state index is 5.47. The van der Waals surface area contributed by atoms with Crippen LogP contribution in [0.1, 0.15) is 36.7 Å². The molecule has 1 aliphatic carbocycles. The fourth-order valence-corrected chi connectivity index (χ4v) is 7.67. The SMILES string of the molecule is COc1ccc(-c2nc3cc4c(cc3n2-c2ccccc2)C(C)(C)c2cc3c(cc2-4)NC(c2ccc(OC)cc2)N3c2ccccc2)cc1. The molecule has 0 radical (unpaired) electrons. The van der Waals surface area contributed by atoms with Crippen LogP contribution in [0.3, 0.4) is 0 Å². The number of hydrogen-bond donors (Lipinski definition) is 1. The van der Waals surface area contributed by atoms with E-state index in [1.165, 1.54) is 33.5 Å². The Morgan fingerprint density at radius 1 is 0.653 bits per heavy atom. The lowest BCUT2D eigenvalue weighted by molar-refractivity contribution is 0.414. The summed E-state index contributed by atoms with van der Waals surface area (Å²) in [5.41, 5.74) is 13.6. The fraction of sp³-hybridized carbons (Fsp3) is 0.140. The van der Waals surface area contributed by atoms with Gasteiger partial charge in [-0.15, -0.1) is 0 Å². The van der Waals surface area contributed by atoms with E-state index in [1.807, 2.05) is 24.3 Å². The van der Waals surface area contributed by atoms with Crippen LogP contribution in [0, 0.1) is 0 Å². The van der Waals surface area contributed by atoms with Crippen molar-refractivity contribution in [3.63, 3.8) is 0 Å². The van der Waals surface area contributed by atoms with Crippen molar-refractivity contribution in [2.24, 2.45) is 0 Å². The first kappa shape index (κ1) is 29.2. The molecule has 49 heavy (non-hydrogen) atoms. The maximum Gasteiger partial charge on any atom is 0.145 e. The number of rotatable bonds is 6. The van der Waals surface area contributed by atoms with Gasteiger partial charge in [-0.3, -0.25) is 4.57 Å². The minimum absolute atomic E-state index is 0.0653. The smallest absolute Gasteiger partial charge is 0.145 e. The number of aromatic nitrogens is 2. The monoisotopic (exact) mass is 640 g/mol. The highest BCUT2D eigenvalue weighted by Gasteiger charge is 2.40. The van der Waals surface area contributed by atoms with Gasteiger partial charge in [-0.1, -0.05) is 62.4 Å². The van der Waals surface area contributed by atoms with Gasteiger partial charge in [0.2, 0.25) is 0 Å². The minimum atomic E-state index is -0.236. The Morgan fingerprint density at radius 3 is 1.90 bits per heavy atom. The molecule has 0 saturated heterocycles. The maximum atomic E-state index is 5.47. The van der Waals surface area contributed by atoms with Crippen molar-refractivity contribution in [2.45, 2.75) is 25.4 Å². The first-order chi connectivity index (χ1) is 23.9. The van der Waals surface area contributed by atoms with Crippen molar-refractivity contribution < 1.29 is 9.47 Å². The Hall–Kier alpha value is -6.01. The van der Waals surface area contributed by atoms with Crippen LogP contribution in [-0.2, 0) is 5.41 Å². The van der Waals surface area contributed by atoms with Crippen molar-refractivity contribution in [3.05, 3.63) is 150 Å². The average molecular weight is 641 g/mol. The Morgan fingerprint density at radius 2 is 1.24 bits per heavy atom. The number of nitrogens with zero attached hydrogens (tertiary/aromatic N) is 3. The van der Waals surface area contributed by atoms with E-state index in [0.29, 0.717) is 0 Å². The molecule has 1 aromatic heterocycles. The Kier molecular flexibility index (Phi) is 6.56. The van der Waals surface area contributed by atoms with E-state index in [9.17, 15) is 0 Å². The number of benzene rings is 6. The van der Waals surface area contributed by atoms with E-state index in [1.54, 1.807) is 14.2 Å². The Balaban J connectivity index is 1.22. The highest BCUT2D eigenvalue weighted by Crippen LogP contribution is 2.56. The summed E-state index contributed by atoms with van der Waals surface area (Å²) in [5.74, 6) is 2.57. The number of hydrogen-bond acceptors (Lipinski definition) is 5. The van der Waals surface area contributed by atoms with E-state index in [0.717, 1.165) is 51.0 Å². The minimum Gasteiger partial charge on any atom is -0.497 e. The van der Waals surface area contributed by atoms with Gasteiger partial charge in [0.15, 0.2) is 0 Å². The lowest BCUT2D eigenvalue weighted by Gasteiger charge is -2.28. The van der Waals surface area contributed by atoms with Gasteiger partial charge in [-0.2, -0.15) is 0 Å². The number of para-hydroxylation sites is 2. The molecule has 6 nitrogen and oxygen atoms in total. The van der Waals surface area contributed by atoms with E-state index in [2.05, 4.69) is 138 Å². The zero-order valence-electron chi connectivity index (χ0n) is 27.9. The van der Waals surface area contributed by atoms with E-state index < -0.39 is 0 Å². The molecule has 0 spiro atoms. The van der Waals surface area contributed by atoms with Crippen LogP contribution in [0.25, 0.3) is 39.2 Å². The van der Waals surface area contributed by atoms with Gasteiger partial charge in [0.1, 0.15) is 23.5 Å². The van der Waals surface area contributed by atoms with Crippen molar-refractivity contribution in [2.75, 3.05) is 24.4 Å². The van der Waals surface area contributed by atoms with Gasteiger partial charge in [-0.25, -0.2) is 4.98 Å². The molecule has 7 aromatic rings. The highest BCUT2D eigenvalue weighted by molar-refractivity contribution is 5.97. The number of nitrogens with one attached hydrogen (secondary N) is 1. The molecule has 2 heterocycles. The molecule has 6 heteroatoms. The second-order valence-corrected chi connectivity index (χ2v) is 13.3. The summed E-state index contributed by atoms with van der Waals surface area (Å²) in [7, 11) is 3.40. The van der Waals surface area contributed by atoms with Gasteiger partial charge in [-0.05, 0) is 113 Å². The second kappa shape index (κ2) is 11.0. The van der Waals surface area contributed by atoms with Crippen LogP contribution >= 0.6 is 0 Å². The van der Waals surface area contributed by atoms with Gasteiger partial charge in [0.05, 0.1) is 36.6 Å². The number of methoxy groups -OCH3 is 2. The molecular weight excluding hydrogens is 604 g/mol. The van der Waals surface area contributed by atoms with Crippen molar-refractivity contribution in [1.29, 1.82) is 0 Å². The predicted molar refractivity (Wildman–Crippen MR) is 199 cm³/mol. The van der Waals surface area contributed by atoms with Crippen LogP contribution in [0.2, 0.25) is 0 Å². The third-order valence-electron chi connectivity index (χ3n) is 10.2. The summed E-state index contributed by atoms with van der Waals surface area (Å²) in [4.78, 5) is 7.71. The normalized spacial score (nSPS) is 15.4. The summed E-state index contributed by atoms with van der Waals surface area (Å²) < 4.78 is 13.2. The molecule has 1 atom stereocenters. The summed E-state index contributed by atoms with van der Waals surface area (Å²) in [6, 6.07) is 47.1. The third kappa shape index (κ3) is 4.51. The standard InChI is InChI=1S/C43H36N4O2/c1-43(2)35-25-39-37(44-41(27-15-19-31(48-3)20-16-27)46(39)29-11-7-5-8-12-29)23-33(35)34-24-38-40(26-36(34)43)47(30-13-9-6-10-14-30)42(45-38)28-17-21-32(49-4)22-18-28/h5-26,41,44H,1-4H3. The quantitative estimate of drug-likeness (QED) is 0.196. The highest BCUT2D eigenvalue weighted by atomic mass is 16.5. The molecule has 2 aliphatic rings. The lowest BCUT2D eigenvalue weighted by Crippen LogP contribution is -2.23. The molecule has 0 bridgehead atoms. The van der Waals surface area contributed by atoms with Gasteiger partial charge in [0.25, 0.3) is 0 Å². The van der Waals surface area contributed by atoms with Crippen molar-refractivity contribution >= 4 is 28.1 Å². The van der Waals surface area contributed by atoms with Gasteiger partial charge < -0.3 is 19.7 Å².